The van der Waals surface area contributed by atoms with E-state index in [1.807, 2.05) is 66.0 Å². The molecule has 2 heterocycles. The van der Waals surface area contributed by atoms with E-state index in [2.05, 4.69) is 16.6 Å². The Morgan fingerprint density at radius 3 is 2.77 bits per heavy atom. The molecule has 22 heavy (non-hydrogen) atoms. The number of hydrazone groups is 1. The first-order chi connectivity index (χ1) is 10.6. The second-order valence-electron chi connectivity index (χ2n) is 5.29. The molecule has 0 radical (unpaired) electrons. The van der Waals surface area contributed by atoms with Crippen LogP contribution in [0.3, 0.4) is 0 Å². The van der Waals surface area contributed by atoms with E-state index in [-0.39, 0.29) is 5.91 Å². The van der Waals surface area contributed by atoms with E-state index in [1.165, 1.54) is 0 Å². The molecule has 0 saturated heterocycles. The second kappa shape index (κ2) is 5.89. The zero-order chi connectivity index (χ0) is 15.5. The number of aromatic nitrogens is 2. The molecule has 0 fully saturated rings. The predicted octanol–water partition coefficient (Wildman–Crippen LogP) is 2.21. The van der Waals surface area contributed by atoms with Crippen molar-refractivity contribution in [3.8, 4) is 0 Å². The normalized spacial score (nSPS) is 11.4. The summed E-state index contributed by atoms with van der Waals surface area (Å²) < 4.78 is 3.97. The first-order valence-electron chi connectivity index (χ1n) is 7.11. The molecule has 0 spiro atoms. The number of amides is 1. The van der Waals surface area contributed by atoms with Gasteiger partial charge >= 0.3 is 0 Å². The minimum Gasteiger partial charge on any atom is -0.354 e. The Morgan fingerprint density at radius 1 is 1.18 bits per heavy atom. The Kier molecular flexibility index (Phi) is 3.78. The van der Waals surface area contributed by atoms with Gasteiger partial charge in [0, 0.05) is 48.6 Å². The van der Waals surface area contributed by atoms with Gasteiger partial charge in [0.25, 0.3) is 0 Å². The molecule has 0 aliphatic carbocycles. The van der Waals surface area contributed by atoms with E-state index >= 15 is 0 Å². The largest absolute Gasteiger partial charge is 0.354 e. The molecule has 1 aromatic carbocycles. The van der Waals surface area contributed by atoms with Crippen LogP contribution in [0.2, 0.25) is 0 Å². The van der Waals surface area contributed by atoms with Gasteiger partial charge in [0.05, 0.1) is 12.6 Å². The second-order valence-corrected chi connectivity index (χ2v) is 5.29. The molecule has 1 N–H and O–H groups in total. The Labute approximate surface area is 128 Å². The molecule has 5 heteroatoms. The minimum atomic E-state index is -0.127. The van der Waals surface area contributed by atoms with Crippen molar-refractivity contribution < 1.29 is 4.79 Å². The van der Waals surface area contributed by atoms with Crippen LogP contribution in [0.15, 0.2) is 53.9 Å². The lowest BCUT2D eigenvalue weighted by molar-refractivity contribution is -0.120. The monoisotopic (exact) mass is 294 g/mol. The zero-order valence-electron chi connectivity index (χ0n) is 12.7. The third-order valence-electron chi connectivity index (χ3n) is 3.71. The van der Waals surface area contributed by atoms with Crippen molar-refractivity contribution in [3.05, 3.63) is 60.0 Å². The molecule has 3 aromatic rings. The zero-order valence-corrected chi connectivity index (χ0v) is 12.7. The highest BCUT2D eigenvalue weighted by atomic mass is 16.2. The average Bonchev–Trinajstić information content (AvgIpc) is 3.04. The Hall–Kier alpha value is -2.82. The number of nitrogens with zero attached hydrogens (tertiary/aromatic N) is 3. The molecule has 0 unspecified atom stereocenters. The third-order valence-corrected chi connectivity index (χ3v) is 3.71. The predicted molar refractivity (Wildman–Crippen MR) is 87.8 cm³/mol. The number of benzene rings is 1. The van der Waals surface area contributed by atoms with Gasteiger partial charge in [-0.3, -0.25) is 4.79 Å². The van der Waals surface area contributed by atoms with E-state index in [9.17, 15) is 4.79 Å². The number of hydrogen-bond acceptors (Lipinski definition) is 2. The number of carbonyl (C=O) groups is 1. The van der Waals surface area contributed by atoms with Crippen molar-refractivity contribution in [1.29, 1.82) is 0 Å². The van der Waals surface area contributed by atoms with Crippen molar-refractivity contribution in [2.45, 2.75) is 6.42 Å². The number of hydrogen-bond donors (Lipinski definition) is 1. The summed E-state index contributed by atoms with van der Waals surface area (Å²) in [5, 5.41) is 5.18. The van der Waals surface area contributed by atoms with Gasteiger partial charge in [-0.2, -0.15) is 5.10 Å². The summed E-state index contributed by atoms with van der Waals surface area (Å²) in [6.45, 7) is 0. The Balaban J connectivity index is 1.69. The van der Waals surface area contributed by atoms with Crippen LogP contribution in [0.1, 0.15) is 11.3 Å². The van der Waals surface area contributed by atoms with Crippen LogP contribution in [0.25, 0.3) is 10.9 Å². The fraction of sp³-hybridized carbons (Fsp3) is 0.176. The lowest BCUT2D eigenvalue weighted by Crippen LogP contribution is -2.20. The molecule has 0 aliphatic heterocycles. The minimum absolute atomic E-state index is 0.127. The molecule has 1 amide bonds. The van der Waals surface area contributed by atoms with Gasteiger partial charge in [-0.15, -0.1) is 0 Å². The molecule has 0 aliphatic rings. The summed E-state index contributed by atoms with van der Waals surface area (Å²) in [6.07, 6.45) is 5.92. The van der Waals surface area contributed by atoms with Crippen LogP contribution in [0, 0.1) is 0 Å². The van der Waals surface area contributed by atoms with Crippen LogP contribution in [-0.2, 0) is 25.3 Å². The SMILES string of the molecule is Cn1cccc1CC(=O)N/N=C/c1cn(C)c2ccccc12. The fourth-order valence-electron chi connectivity index (χ4n) is 2.53. The summed E-state index contributed by atoms with van der Waals surface area (Å²) in [7, 11) is 3.91. The highest BCUT2D eigenvalue weighted by Gasteiger charge is 2.05. The maximum atomic E-state index is 11.9. The highest BCUT2D eigenvalue weighted by molar-refractivity contribution is 5.99. The van der Waals surface area contributed by atoms with Crippen LogP contribution in [-0.4, -0.2) is 21.3 Å². The quantitative estimate of drug-likeness (QED) is 0.582. The van der Waals surface area contributed by atoms with Gasteiger partial charge in [-0.25, -0.2) is 5.43 Å². The molecule has 0 bridgehead atoms. The lowest BCUT2D eigenvalue weighted by atomic mass is 10.2. The van der Waals surface area contributed by atoms with Crippen molar-refractivity contribution in [1.82, 2.24) is 14.6 Å². The van der Waals surface area contributed by atoms with Crippen molar-refractivity contribution in [2.75, 3.05) is 0 Å². The number of carbonyl (C=O) groups excluding carboxylic acids is 1. The van der Waals surface area contributed by atoms with E-state index in [0.29, 0.717) is 6.42 Å². The topological polar surface area (TPSA) is 51.3 Å². The lowest BCUT2D eigenvalue weighted by Gasteiger charge is -2.01. The molecular weight excluding hydrogens is 276 g/mol. The van der Waals surface area contributed by atoms with Crippen LogP contribution in [0.4, 0.5) is 0 Å². The number of nitrogens with one attached hydrogen (secondary N) is 1. The summed E-state index contributed by atoms with van der Waals surface area (Å²) in [4.78, 5) is 11.9. The van der Waals surface area contributed by atoms with E-state index in [1.54, 1.807) is 6.21 Å². The fourth-order valence-corrected chi connectivity index (χ4v) is 2.53. The van der Waals surface area contributed by atoms with Crippen LogP contribution >= 0.6 is 0 Å². The summed E-state index contributed by atoms with van der Waals surface area (Å²) in [5.41, 5.74) is 5.66. The van der Waals surface area contributed by atoms with Gasteiger partial charge in [-0.1, -0.05) is 18.2 Å². The van der Waals surface area contributed by atoms with Crippen molar-refractivity contribution in [2.24, 2.45) is 19.2 Å². The van der Waals surface area contributed by atoms with Gasteiger partial charge < -0.3 is 9.13 Å². The van der Waals surface area contributed by atoms with Gasteiger partial charge in [0.2, 0.25) is 5.91 Å². The first kappa shape index (κ1) is 14.1. The van der Waals surface area contributed by atoms with Crippen molar-refractivity contribution in [3.63, 3.8) is 0 Å². The van der Waals surface area contributed by atoms with Crippen molar-refractivity contribution >= 4 is 23.0 Å². The molecule has 112 valence electrons. The van der Waals surface area contributed by atoms with Gasteiger partial charge in [0.15, 0.2) is 0 Å². The molecular formula is C17H18N4O. The summed E-state index contributed by atoms with van der Waals surface area (Å²) in [5.74, 6) is -0.127. The Bertz CT molecular complexity index is 841. The van der Waals surface area contributed by atoms with E-state index < -0.39 is 0 Å². The molecule has 3 rings (SSSR count). The third kappa shape index (κ3) is 2.79. The smallest absolute Gasteiger partial charge is 0.245 e. The number of para-hydroxylation sites is 1. The Morgan fingerprint density at radius 2 is 2.00 bits per heavy atom. The van der Waals surface area contributed by atoms with Crippen LogP contribution in [0.5, 0.6) is 0 Å². The maximum Gasteiger partial charge on any atom is 0.245 e. The van der Waals surface area contributed by atoms with Gasteiger partial charge in [0.1, 0.15) is 0 Å². The first-order valence-corrected chi connectivity index (χ1v) is 7.11. The molecule has 2 aromatic heterocycles. The molecule has 0 atom stereocenters. The molecule has 5 nitrogen and oxygen atoms in total. The average molecular weight is 294 g/mol. The standard InChI is InChI=1S/C17H18N4O/c1-20-9-5-6-14(20)10-17(22)19-18-11-13-12-21(2)16-8-4-3-7-15(13)16/h3-9,11-12H,10H2,1-2H3,(H,19,22)/b18-11+. The number of aryl methyl sites for hydroxylation is 2. The van der Waals surface area contributed by atoms with E-state index in [0.717, 1.165) is 22.2 Å². The number of fused-ring (bicyclic) bond motifs is 1. The highest BCUT2D eigenvalue weighted by Crippen LogP contribution is 2.18. The summed E-state index contributed by atoms with van der Waals surface area (Å²) >= 11 is 0. The van der Waals surface area contributed by atoms with Crippen LogP contribution < -0.4 is 5.43 Å². The summed E-state index contributed by atoms with van der Waals surface area (Å²) in [6, 6.07) is 11.9. The maximum absolute atomic E-state index is 11.9. The van der Waals surface area contributed by atoms with E-state index in [4.69, 9.17) is 0 Å². The molecule has 0 saturated carbocycles. The van der Waals surface area contributed by atoms with Gasteiger partial charge in [-0.05, 0) is 18.2 Å². The number of rotatable bonds is 4.